The highest BCUT2D eigenvalue weighted by Crippen LogP contribution is 2.41. The molecule has 0 aliphatic heterocycles. The van der Waals surface area contributed by atoms with Crippen molar-refractivity contribution in [1.82, 2.24) is 4.72 Å². The van der Waals surface area contributed by atoms with Gasteiger partial charge in [-0.3, -0.25) is 0 Å². The van der Waals surface area contributed by atoms with Crippen LogP contribution in [0.1, 0.15) is 80.9 Å². The average molecular weight is 491 g/mol. The highest BCUT2D eigenvalue weighted by atomic mass is 35.5. The van der Waals surface area contributed by atoms with E-state index in [-0.39, 0.29) is 16.8 Å². The van der Waals surface area contributed by atoms with Crippen LogP contribution in [0.15, 0.2) is 15.6 Å². The van der Waals surface area contributed by atoms with Crippen LogP contribution in [-0.2, 0) is 16.4 Å². The van der Waals surface area contributed by atoms with Crippen LogP contribution < -0.4 is 10.0 Å². The number of carbonyl (C=O) groups excluding carboxylic acids is 1. The summed E-state index contributed by atoms with van der Waals surface area (Å²) in [5.74, 6) is -2.68. The third-order valence-corrected chi connectivity index (χ3v) is 6.86. The molecule has 1 aliphatic rings. The SMILES string of the molecule is CC(C)c1c(F)c(Cl)c(F)c(C(C)C)c1NC(=O)NS(=O)(=O)c1cc2c(o1)CCCC2O. The fraction of sp³-hybridized carbons (Fsp3) is 0.476. The van der Waals surface area contributed by atoms with Gasteiger partial charge in [-0.2, -0.15) is 8.42 Å². The summed E-state index contributed by atoms with van der Waals surface area (Å²) in [5, 5.41) is 11.1. The van der Waals surface area contributed by atoms with Gasteiger partial charge in [-0.1, -0.05) is 39.3 Å². The number of nitrogens with one attached hydrogen (secondary N) is 2. The molecule has 0 spiro atoms. The lowest BCUT2D eigenvalue weighted by Crippen LogP contribution is -2.35. The summed E-state index contributed by atoms with van der Waals surface area (Å²) < 4.78 is 61.9. The van der Waals surface area contributed by atoms with Crippen LogP contribution in [0, 0.1) is 11.6 Å². The van der Waals surface area contributed by atoms with E-state index in [9.17, 15) is 27.1 Å². The van der Waals surface area contributed by atoms with Crippen LogP contribution in [0.25, 0.3) is 0 Å². The number of furan rings is 1. The smallest absolute Gasteiger partial charge is 0.333 e. The van der Waals surface area contributed by atoms with Crippen LogP contribution in [-0.4, -0.2) is 19.6 Å². The zero-order valence-electron chi connectivity index (χ0n) is 18.1. The molecule has 0 saturated heterocycles. The van der Waals surface area contributed by atoms with Gasteiger partial charge in [0.15, 0.2) is 0 Å². The summed E-state index contributed by atoms with van der Waals surface area (Å²) in [5.41, 5.74) is 0.118. The number of hydrogen-bond donors (Lipinski definition) is 3. The minimum absolute atomic E-state index is 0.0377. The van der Waals surface area contributed by atoms with E-state index < -0.39 is 55.7 Å². The molecule has 0 bridgehead atoms. The van der Waals surface area contributed by atoms with Gasteiger partial charge >= 0.3 is 6.03 Å². The van der Waals surface area contributed by atoms with E-state index in [2.05, 4.69) is 5.32 Å². The van der Waals surface area contributed by atoms with Gasteiger partial charge in [-0.15, -0.1) is 0 Å². The Morgan fingerprint density at radius 3 is 2.25 bits per heavy atom. The number of hydrogen-bond acceptors (Lipinski definition) is 5. The average Bonchev–Trinajstić information content (AvgIpc) is 3.12. The molecule has 7 nitrogen and oxygen atoms in total. The van der Waals surface area contributed by atoms with E-state index in [1.54, 1.807) is 32.4 Å². The highest BCUT2D eigenvalue weighted by molar-refractivity contribution is 7.89. The Morgan fingerprint density at radius 2 is 1.75 bits per heavy atom. The highest BCUT2D eigenvalue weighted by Gasteiger charge is 2.31. The van der Waals surface area contributed by atoms with Crippen molar-refractivity contribution in [3.8, 4) is 0 Å². The summed E-state index contributed by atoms with van der Waals surface area (Å²) in [7, 11) is -4.45. The van der Waals surface area contributed by atoms with Gasteiger partial charge < -0.3 is 14.8 Å². The van der Waals surface area contributed by atoms with Crippen molar-refractivity contribution < 1.29 is 31.5 Å². The predicted molar refractivity (Wildman–Crippen MR) is 115 cm³/mol. The number of aryl methyl sites for hydroxylation is 1. The largest absolute Gasteiger partial charge is 0.447 e. The van der Waals surface area contributed by atoms with Crippen molar-refractivity contribution in [3.63, 3.8) is 0 Å². The molecule has 1 aromatic heterocycles. The first kappa shape index (κ1) is 24.5. The van der Waals surface area contributed by atoms with Crippen molar-refractivity contribution in [3.05, 3.63) is 45.2 Å². The Kier molecular flexibility index (Phi) is 6.88. The Bertz CT molecular complexity index is 1130. The van der Waals surface area contributed by atoms with Crippen LogP contribution in [0.4, 0.5) is 19.3 Å². The van der Waals surface area contributed by atoms with E-state index in [4.69, 9.17) is 16.0 Å². The number of aliphatic hydroxyl groups excluding tert-OH is 1. The number of amides is 2. The zero-order valence-corrected chi connectivity index (χ0v) is 19.6. The van der Waals surface area contributed by atoms with Crippen molar-refractivity contribution in [2.45, 2.75) is 70.0 Å². The molecule has 1 aliphatic carbocycles. The van der Waals surface area contributed by atoms with Crippen molar-refractivity contribution in [1.29, 1.82) is 0 Å². The molecule has 0 fully saturated rings. The fourth-order valence-corrected chi connectivity index (χ4v) is 4.96. The maximum Gasteiger partial charge on any atom is 0.333 e. The number of sulfonamides is 1. The molecule has 32 heavy (non-hydrogen) atoms. The maximum absolute atomic E-state index is 14.7. The third kappa shape index (κ3) is 4.49. The topological polar surface area (TPSA) is 109 Å². The van der Waals surface area contributed by atoms with Crippen LogP contribution in [0.2, 0.25) is 5.02 Å². The molecule has 0 saturated carbocycles. The number of fused-ring (bicyclic) bond motifs is 1. The van der Waals surface area contributed by atoms with Gasteiger partial charge in [0.1, 0.15) is 22.4 Å². The predicted octanol–water partition coefficient (Wildman–Crippen LogP) is 5.34. The van der Waals surface area contributed by atoms with E-state index in [1.165, 1.54) is 6.07 Å². The Balaban J connectivity index is 1.95. The van der Waals surface area contributed by atoms with Crippen molar-refractivity contribution in [2.24, 2.45) is 0 Å². The summed E-state index contributed by atoms with van der Waals surface area (Å²) in [6.45, 7) is 6.54. The number of anilines is 1. The van der Waals surface area contributed by atoms with Crippen LogP contribution in [0.3, 0.4) is 0 Å². The second kappa shape index (κ2) is 8.99. The van der Waals surface area contributed by atoms with E-state index in [0.29, 0.717) is 30.6 Å². The van der Waals surface area contributed by atoms with Gasteiger partial charge in [0.2, 0.25) is 5.09 Å². The van der Waals surface area contributed by atoms with Gasteiger partial charge in [0, 0.05) is 29.2 Å². The second-order valence-electron chi connectivity index (χ2n) is 8.37. The number of aliphatic hydroxyl groups is 1. The fourth-order valence-electron chi connectivity index (χ4n) is 3.87. The second-order valence-corrected chi connectivity index (χ2v) is 10.4. The van der Waals surface area contributed by atoms with Crippen molar-refractivity contribution >= 4 is 33.3 Å². The van der Waals surface area contributed by atoms with Gasteiger partial charge in [-0.05, 0) is 24.7 Å². The summed E-state index contributed by atoms with van der Waals surface area (Å²) in [6.07, 6.45) is 0.734. The third-order valence-electron chi connectivity index (χ3n) is 5.34. The lowest BCUT2D eigenvalue weighted by Gasteiger charge is -2.22. The summed E-state index contributed by atoms with van der Waals surface area (Å²) in [6, 6.07) is -0.0417. The molecule has 3 rings (SSSR count). The van der Waals surface area contributed by atoms with Gasteiger partial charge in [0.05, 0.1) is 11.8 Å². The number of carbonyl (C=O) groups is 1. The molecular formula is C21H25ClF2N2O5S. The van der Waals surface area contributed by atoms with Crippen LogP contribution >= 0.6 is 11.6 Å². The van der Waals surface area contributed by atoms with Crippen molar-refractivity contribution in [2.75, 3.05) is 5.32 Å². The maximum atomic E-state index is 14.7. The quantitative estimate of drug-likeness (QED) is 0.490. The van der Waals surface area contributed by atoms with Gasteiger partial charge in [0.25, 0.3) is 10.0 Å². The first-order valence-electron chi connectivity index (χ1n) is 10.2. The normalized spacial score (nSPS) is 16.4. The molecule has 1 heterocycles. The molecule has 0 radical (unpaired) electrons. The number of urea groups is 1. The molecule has 2 aromatic rings. The summed E-state index contributed by atoms with van der Waals surface area (Å²) in [4.78, 5) is 12.6. The zero-order chi connectivity index (χ0) is 24.0. The lowest BCUT2D eigenvalue weighted by atomic mass is 9.91. The molecule has 176 valence electrons. The molecule has 11 heteroatoms. The first-order valence-corrected chi connectivity index (χ1v) is 12.1. The lowest BCUT2D eigenvalue weighted by molar-refractivity contribution is 0.152. The molecule has 1 aromatic carbocycles. The standard InChI is InChI=1S/C21H25ClF2N2O5S/c1-9(2)15-18(23)17(22)19(24)16(10(3)4)20(15)25-21(28)26-32(29,30)14-8-11-12(27)6-5-7-13(11)31-14/h8-10,12,27H,5-7H2,1-4H3,(H2,25,26,28). The van der Waals surface area contributed by atoms with E-state index >= 15 is 0 Å². The number of halogens is 3. The number of rotatable bonds is 5. The van der Waals surface area contributed by atoms with E-state index in [0.717, 1.165) is 0 Å². The summed E-state index contributed by atoms with van der Waals surface area (Å²) >= 11 is 5.83. The van der Waals surface area contributed by atoms with Crippen LogP contribution in [0.5, 0.6) is 0 Å². The molecule has 2 amide bonds. The Labute approximate surface area is 190 Å². The molecule has 1 unspecified atom stereocenters. The minimum atomic E-state index is -4.45. The monoisotopic (exact) mass is 490 g/mol. The molecular weight excluding hydrogens is 466 g/mol. The molecule has 3 N–H and O–H groups in total. The minimum Gasteiger partial charge on any atom is -0.447 e. The molecule has 1 atom stereocenters. The van der Waals surface area contributed by atoms with Gasteiger partial charge in [-0.25, -0.2) is 18.3 Å². The Morgan fingerprint density at radius 1 is 1.19 bits per heavy atom. The number of benzene rings is 1. The Hall–Kier alpha value is -2.17. The first-order chi connectivity index (χ1) is 14.8. The van der Waals surface area contributed by atoms with E-state index in [1.807, 2.05) is 0 Å².